The fraction of sp³-hybridized carbons (Fsp3) is 0.286. The van der Waals surface area contributed by atoms with Crippen LogP contribution in [0.3, 0.4) is 0 Å². The van der Waals surface area contributed by atoms with Crippen LogP contribution in [0.4, 0.5) is 4.79 Å². The largest absolute Gasteiger partial charge is 0.497 e. The summed E-state index contributed by atoms with van der Waals surface area (Å²) in [4.78, 5) is 38.7. The molecule has 9 nitrogen and oxygen atoms in total. The normalized spacial score (nSPS) is 19.6. The van der Waals surface area contributed by atoms with E-state index >= 15 is 0 Å². The molecule has 156 valence electrons. The van der Waals surface area contributed by atoms with Crippen molar-refractivity contribution >= 4 is 17.8 Å². The second-order valence-electron chi connectivity index (χ2n) is 7.14. The Labute approximate surface area is 172 Å². The second kappa shape index (κ2) is 7.58. The Balaban J connectivity index is 1.41. The van der Waals surface area contributed by atoms with Crippen molar-refractivity contribution in [3.05, 3.63) is 53.6 Å². The molecule has 0 unspecified atom stereocenters. The Kier molecular flexibility index (Phi) is 4.94. The van der Waals surface area contributed by atoms with Crippen molar-refractivity contribution in [3.8, 4) is 17.2 Å². The van der Waals surface area contributed by atoms with Gasteiger partial charge in [0.15, 0.2) is 11.5 Å². The SMILES string of the molecule is COc1ccc(CNC(=O)CN2C(=O)N[C@](C)(c3ccc4c(c3)OCO4)C2=O)cc1. The number of ether oxygens (including phenoxy) is 3. The summed E-state index contributed by atoms with van der Waals surface area (Å²) in [6.45, 7) is 1.60. The van der Waals surface area contributed by atoms with Crippen molar-refractivity contribution in [2.45, 2.75) is 19.0 Å². The predicted octanol–water partition coefficient (Wildman–Crippen LogP) is 1.51. The predicted molar refractivity (Wildman–Crippen MR) is 105 cm³/mol. The molecule has 0 spiro atoms. The molecule has 4 amide bonds. The van der Waals surface area contributed by atoms with Crippen LogP contribution in [-0.2, 0) is 21.7 Å². The van der Waals surface area contributed by atoms with Gasteiger partial charge in [0.25, 0.3) is 5.91 Å². The molecule has 0 radical (unpaired) electrons. The van der Waals surface area contributed by atoms with Crippen molar-refractivity contribution in [1.82, 2.24) is 15.5 Å². The molecule has 0 aliphatic carbocycles. The molecule has 9 heteroatoms. The number of hydrogen-bond donors (Lipinski definition) is 2. The number of amides is 4. The summed E-state index contributed by atoms with van der Waals surface area (Å²) < 4.78 is 15.7. The van der Waals surface area contributed by atoms with Crippen LogP contribution in [-0.4, -0.2) is 43.2 Å². The van der Waals surface area contributed by atoms with Gasteiger partial charge in [-0.1, -0.05) is 18.2 Å². The Morgan fingerprint density at radius 2 is 1.90 bits per heavy atom. The lowest BCUT2D eigenvalue weighted by Gasteiger charge is -2.22. The maximum atomic E-state index is 13.0. The molecule has 2 aliphatic rings. The fourth-order valence-electron chi connectivity index (χ4n) is 3.39. The van der Waals surface area contributed by atoms with E-state index < -0.39 is 23.4 Å². The Morgan fingerprint density at radius 3 is 2.63 bits per heavy atom. The number of carbonyl (C=O) groups excluding carboxylic acids is 3. The van der Waals surface area contributed by atoms with Gasteiger partial charge in [0.2, 0.25) is 12.7 Å². The molecule has 1 fully saturated rings. The van der Waals surface area contributed by atoms with E-state index in [4.69, 9.17) is 14.2 Å². The number of carbonyl (C=O) groups is 3. The first-order chi connectivity index (χ1) is 14.4. The van der Waals surface area contributed by atoms with Crippen molar-refractivity contribution in [2.75, 3.05) is 20.4 Å². The molecule has 2 heterocycles. The van der Waals surface area contributed by atoms with Gasteiger partial charge in [0.1, 0.15) is 17.8 Å². The third-order valence-electron chi connectivity index (χ3n) is 5.18. The first-order valence-corrected chi connectivity index (χ1v) is 9.34. The van der Waals surface area contributed by atoms with E-state index in [1.165, 1.54) is 0 Å². The number of benzene rings is 2. The second-order valence-corrected chi connectivity index (χ2v) is 7.14. The minimum absolute atomic E-state index is 0.107. The summed E-state index contributed by atoms with van der Waals surface area (Å²) in [5.74, 6) is 0.850. The lowest BCUT2D eigenvalue weighted by atomic mass is 9.91. The number of imide groups is 1. The molecule has 2 aliphatic heterocycles. The minimum atomic E-state index is -1.30. The zero-order valence-electron chi connectivity index (χ0n) is 16.6. The molecule has 2 N–H and O–H groups in total. The highest BCUT2D eigenvalue weighted by atomic mass is 16.7. The van der Waals surface area contributed by atoms with Crippen molar-refractivity contribution in [2.24, 2.45) is 0 Å². The van der Waals surface area contributed by atoms with Gasteiger partial charge in [-0.15, -0.1) is 0 Å². The number of nitrogens with zero attached hydrogens (tertiary/aromatic N) is 1. The molecule has 0 saturated carbocycles. The lowest BCUT2D eigenvalue weighted by Crippen LogP contribution is -2.43. The van der Waals surface area contributed by atoms with Crippen LogP contribution in [0.15, 0.2) is 42.5 Å². The van der Waals surface area contributed by atoms with E-state index in [1.807, 2.05) is 12.1 Å². The van der Waals surface area contributed by atoms with Gasteiger partial charge in [-0.2, -0.15) is 0 Å². The summed E-state index contributed by atoms with van der Waals surface area (Å²) in [6.07, 6.45) is 0. The third kappa shape index (κ3) is 3.49. The molecular weight excluding hydrogens is 390 g/mol. The molecule has 30 heavy (non-hydrogen) atoms. The number of rotatable bonds is 6. The van der Waals surface area contributed by atoms with Crippen LogP contribution >= 0.6 is 0 Å². The van der Waals surface area contributed by atoms with E-state index in [9.17, 15) is 14.4 Å². The first kappa shape index (κ1) is 19.6. The van der Waals surface area contributed by atoms with Crippen LogP contribution in [0.2, 0.25) is 0 Å². The van der Waals surface area contributed by atoms with Gasteiger partial charge in [0.05, 0.1) is 7.11 Å². The number of urea groups is 1. The summed E-state index contributed by atoms with van der Waals surface area (Å²) in [7, 11) is 1.58. The van der Waals surface area contributed by atoms with Crippen LogP contribution in [0.25, 0.3) is 0 Å². The molecule has 4 rings (SSSR count). The number of nitrogens with one attached hydrogen (secondary N) is 2. The molecule has 2 aromatic carbocycles. The van der Waals surface area contributed by atoms with Crippen molar-refractivity contribution < 1.29 is 28.6 Å². The zero-order chi connectivity index (χ0) is 21.3. The first-order valence-electron chi connectivity index (χ1n) is 9.34. The Bertz CT molecular complexity index is 1010. The van der Waals surface area contributed by atoms with E-state index in [-0.39, 0.29) is 19.9 Å². The summed E-state index contributed by atoms with van der Waals surface area (Å²) >= 11 is 0. The smallest absolute Gasteiger partial charge is 0.325 e. The average molecular weight is 411 g/mol. The maximum absolute atomic E-state index is 13.0. The van der Waals surface area contributed by atoms with Crippen LogP contribution in [0.1, 0.15) is 18.1 Å². The number of fused-ring (bicyclic) bond motifs is 1. The lowest BCUT2D eigenvalue weighted by molar-refractivity contribution is -0.134. The van der Waals surface area contributed by atoms with E-state index in [2.05, 4.69) is 10.6 Å². The fourth-order valence-corrected chi connectivity index (χ4v) is 3.39. The third-order valence-corrected chi connectivity index (χ3v) is 5.18. The van der Waals surface area contributed by atoms with Crippen LogP contribution < -0.4 is 24.8 Å². The maximum Gasteiger partial charge on any atom is 0.325 e. The van der Waals surface area contributed by atoms with Crippen LogP contribution in [0, 0.1) is 0 Å². The van der Waals surface area contributed by atoms with Gasteiger partial charge in [-0.3, -0.25) is 14.5 Å². The zero-order valence-corrected chi connectivity index (χ0v) is 16.6. The Morgan fingerprint density at radius 1 is 1.17 bits per heavy atom. The summed E-state index contributed by atoms with van der Waals surface area (Å²) in [6, 6.07) is 11.6. The van der Waals surface area contributed by atoms with Gasteiger partial charge in [-0.25, -0.2) is 4.79 Å². The highest BCUT2D eigenvalue weighted by Gasteiger charge is 2.49. The Hall–Kier alpha value is -3.75. The molecular formula is C21H21N3O6. The van der Waals surface area contributed by atoms with Gasteiger partial charge in [-0.05, 0) is 42.3 Å². The van der Waals surface area contributed by atoms with Gasteiger partial charge >= 0.3 is 6.03 Å². The molecule has 1 atom stereocenters. The number of hydrogen-bond acceptors (Lipinski definition) is 6. The van der Waals surface area contributed by atoms with Gasteiger partial charge < -0.3 is 24.8 Å². The molecule has 0 aromatic heterocycles. The average Bonchev–Trinajstić information content (AvgIpc) is 3.31. The topological polar surface area (TPSA) is 106 Å². The summed E-state index contributed by atoms with van der Waals surface area (Å²) in [5.41, 5.74) is 0.117. The highest BCUT2D eigenvalue weighted by molar-refractivity contribution is 6.09. The molecule has 0 bridgehead atoms. The van der Waals surface area contributed by atoms with Gasteiger partial charge in [0, 0.05) is 6.54 Å². The monoisotopic (exact) mass is 411 g/mol. The van der Waals surface area contributed by atoms with E-state index in [1.54, 1.807) is 44.4 Å². The molecule has 2 aromatic rings. The summed E-state index contributed by atoms with van der Waals surface area (Å²) in [5, 5.41) is 5.39. The van der Waals surface area contributed by atoms with Crippen LogP contribution in [0.5, 0.6) is 17.2 Å². The molecule has 1 saturated heterocycles. The van der Waals surface area contributed by atoms with E-state index in [0.29, 0.717) is 22.8 Å². The van der Waals surface area contributed by atoms with E-state index in [0.717, 1.165) is 10.5 Å². The standard InChI is InChI=1S/C21H21N3O6/c1-21(14-5-8-16-17(9-14)30-12-29-16)19(26)24(20(27)23-21)11-18(25)22-10-13-3-6-15(28-2)7-4-13/h3-9H,10-12H2,1-2H3,(H,22,25)(H,23,27)/t21-/m1/s1. The quantitative estimate of drug-likeness (QED) is 0.698. The number of methoxy groups -OCH3 is 1. The van der Waals surface area contributed by atoms with Crippen molar-refractivity contribution in [3.63, 3.8) is 0 Å². The van der Waals surface area contributed by atoms with Crippen molar-refractivity contribution in [1.29, 1.82) is 0 Å². The highest BCUT2D eigenvalue weighted by Crippen LogP contribution is 2.37. The minimum Gasteiger partial charge on any atom is -0.497 e.